The number of carbonyl (C=O) groups is 2. The number of hydrazine groups is 1. The second-order valence-corrected chi connectivity index (χ2v) is 9.02. The Morgan fingerprint density at radius 2 is 1.92 bits per heavy atom. The average molecular weight is 512 g/mol. The second-order valence-electron chi connectivity index (χ2n) is 8.61. The van der Waals surface area contributed by atoms with E-state index in [1.165, 1.54) is 19.2 Å². The van der Waals surface area contributed by atoms with Crippen LogP contribution in [0.4, 0.5) is 15.8 Å². The standard InChI is InChI=1S/C27H27ClFN3O4/c1-16-10-11-19(12-17(16)2)32-14-18(13-25(32)33)27(34)31-30-23-8-5-9-24(35-3)26(23)36-15-20-21(28)6-4-7-22(20)29/h4-12,18,30H,13-15H2,1-3H3,(H,31,34)/t18-/m0/s1. The lowest BCUT2D eigenvalue weighted by Crippen LogP contribution is -2.36. The highest BCUT2D eigenvalue weighted by atomic mass is 35.5. The van der Waals surface area contributed by atoms with Crippen LogP contribution in [0.3, 0.4) is 0 Å². The SMILES string of the molecule is COc1cccc(NNC(=O)[C@H]2CC(=O)N(c3ccc(C)c(C)c3)C2)c1OCc1c(F)cccc1Cl. The first kappa shape index (κ1) is 25.3. The number of methoxy groups -OCH3 is 1. The molecule has 1 atom stereocenters. The predicted molar refractivity (Wildman–Crippen MR) is 137 cm³/mol. The van der Waals surface area contributed by atoms with E-state index in [-0.39, 0.29) is 47.7 Å². The van der Waals surface area contributed by atoms with Crippen LogP contribution in [0.25, 0.3) is 0 Å². The van der Waals surface area contributed by atoms with E-state index in [1.807, 2.05) is 32.0 Å². The lowest BCUT2D eigenvalue weighted by molar-refractivity contribution is -0.125. The van der Waals surface area contributed by atoms with Crippen molar-refractivity contribution < 1.29 is 23.5 Å². The van der Waals surface area contributed by atoms with Crippen LogP contribution in [-0.4, -0.2) is 25.5 Å². The topological polar surface area (TPSA) is 79.9 Å². The predicted octanol–water partition coefficient (Wildman–Crippen LogP) is 5.18. The minimum absolute atomic E-state index is 0.105. The second kappa shape index (κ2) is 10.9. The molecule has 2 N–H and O–H groups in total. The number of para-hydroxylation sites is 1. The summed E-state index contributed by atoms with van der Waals surface area (Å²) in [6.45, 7) is 4.13. The molecule has 1 fully saturated rings. The van der Waals surface area contributed by atoms with Crippen molar-refractivity contribution in [1.82, 2.24) is 5.43 Å². The van der Waals surface area contributed by atoms with Crippen molar-refractivity contribution in [3.05, 3.63) is 82.1 Å². The maximum Gasteiger partial charge on any atom is 0.243 e. The summed E-state index contributed by atoms with van der Waals surface area (Å²) in [7, 11) is 1.48. The molecule has 3 aromatic carbocycles. The van der Waals surface area contributed by atoms with Crippen molar-refractivity contribution in [2.45, 2.75) is 26.9 Å². The van der Waals surface area contributed by atoms with Gasteiger partial charge in [-0.25, -0.2) is 4.39 Å². The maximum atomic E-state index is 14.2. The first-order valence-corrected chi connectivity index (χ1v) is 11.8. The zero-order valence-corrected chi connectivity index (χ0v) is 21.0. The highest BCUT2D eigenvalue weighted by Crippen LogP contribution is 2.36. The zero-order chi connectivity index (χ0) is 25.8. The summed E-state index contributed by atoms with van der Waals surface area (Å²) in [5.41, 5.74) is 9.13. The first-order valence-electron chi connectivity index (χ1n) is 11.4. The molecule has 1 heterocycles. The van der Waals surface area contributed by atoms with Gasteiger partial charge in [-0.05, 0) is 61.4 Å². The number of hydrogen-bond donors (Lipinski definition) is 2. The number of amides is 2. The third kappa shape index (κ3) is 5.39. The molecule has 4 rings (SSSR count). The van der Waals surface area contributed by atoms with E-state index in [1.54, 1.807) is 29.2 Å². The van der Waals surface area contributed by atoms with Gasteiger partial charge < -0.3 is 14.4 Å². The minimum Gasteiger partial charge on any atom is -0.493 e. The van der Waals surface area contributed by atoms with Gasteiger partial charge in [0.05, 0.1) is 23.7 Å². The van der Waals surface area contributed by atoms with Crippen molar-refractivity contribution >= 4 is 34.8 Å². The molecular weight excluding hydrogens is 485 g/mol. The number of rotatable bonds is 8. The maximum absolute atomic E-state index is 14.2. The molecule has 0 bridgehead atoms. The van der Waals surface area contributed by atoms with E-state index in [0.29, 0.717) is 11.4 Å². The Balaban J connectivity index is 1.44. The summed E-state index contributed by atoms with van der Waals surface area (Å²) in [4.78, 5) is 27.2. The Hall–Kier alpha value is -3.78. The lowest BCUT2D eigenvalue weighted by atomic mass is 10.1. The highest BCUT2D eigenvalue weighted by Gasteiger charge is 2.35. The van der Waals surface area contributed by atoms with E-state index < -0.39 is 11.7 Å². The molecule has 0 aromatic heterocycles. The molecule has 0 unspecified atom stereocenters. The Labute approximate surface area is 214 Å². The Kier molecular flexibility index (Phi) is 7.64. The number of halogens is 2. The Morgan fingerprint density at radius 3 is 2.64 bits per heavy atom. The smallest absolute Gasteiger partial charge is 0.243 e. The third-order valence-electron chi connectivity index (χ3n) is 6.24. The van der Waals surface area contributed by atoms with E-state index >= 15 is 0 Å². The summed E-state index contributed by atoms with van der Waals surface area (Å²) in [6, 6.07) is 15.3. The molecule has 1 aliphatic heterocycles. The lowest BCUT2D eigenvalue weighted by Gasteiger charge is -2.19. The molecule has 1 saturated heterocycles. The van der Waals surface area contributed by atoms with Crippen LogP contribution in [0.15, 0.2) is 54.6 Å². The fourth-order valence-corrected chi connectivity index (χ4v) is 4.21. The van der Waals surface area contributed by atoms with Crippen molar-refractivity contribution in [2.24, 2.45) is 5.92 Å². The molecule has 36 heavy (non-hydrogen) atoms. The first-order chi connectivity index (χ1) is 17.3. The Bertz CT molecular complexity index is 1280. The number of benzene rings is 3. The summed E-state index contributed by atoms with van der Waals surface area (Å²) in [6.07, 6.45) is 0.105. The third-order valence-corrected chi connectivity index (χ3v) is 6.59. The van der Waals surface area contributed by atoms with Gasteiger partial charge in [-0.1, -0.05) is 29.8 Å². The van der Waals surface area contributed by atoms with Gasteiger partial charge >= 0.3 is 0 Å². The van der Waals surface area contributed by atoms with Crippen LogP contribution in [0, 0.1) is 25.6 Å². The summed E-state index contributed by atoms with van der Waals surface area (Å²) in [5.74, 6) is -0.790. The minimum atomic E-state index is -0.529. The quantitative estimate of drug-likeness (QED) is 0.407. The number of nitrogens with one attached hydrogen (secondary N) is 2. The number of aryl methyl sites for hydroxylation is 2. The Morgan fingerprint density at radius 1 is 1.14 bits per heavy atom. The number of anilines is 2. The van der Waals surface area contributed by atoms with Crippen LogP contribution in [0.2, 0.25) is 5.02 Å². The largest absolute Gasteiger partial charge is 0.493 e. The number of carbonyl (C=O) groups excluding carboxylic acids is 2. The van der Waals surface area contributed by atoms with Crippen molar-refractivity contribution in [3.63, 3.8) is 0 Å². The van der Waals surface area contributed by atoms with Gasteiger partial charge in [0.2, 0.25) is 11.8 Å². The van der Waals surface area contributed by atoms with Gasteiger partial charge in [-0.15, -0.1) is 0 Å². The molecule has 2 amide bonds. The fraction of sp³-hybridized carbons (Fsp3) is 0.259. The van der Waals surface area contributed by atoms with Gasteiger partial charge in [0.1, 0.15) is 12.4 Å². The average Bonchev–Trinajstić information content (AvgIpc) is 3.25. The van der Waals surface area contributed by atoms with Gasteiger partial charge in [0.15, 0.2) is 11.5 Å². The van der Waals surface area contributed by atoms with E-state index in [4.69, 9.17) is 21.1 Å². The van der Waals surface area contributed by atoms with Crippen LogP contribution in [0.1, 0.15) is 23.1 Å². The summed E-state index contributed by atoms with van der Waals surface area (Å²) >= 11 is 6.11. The molecule has 0 radical (unpaired) electrons. The number of ether oxygens (including phenoxy) is 2. The number of nitrogens with zero attached hydrogens (tertiary/aromatic N) is 1. The van der Waals surface area contributed by atoms with Crippen molar-refractivity contribution in [1.29, 1.82) is 0 Å². The number of hydrogen-bond acceptors (Lipinski definition) is 5. The van der Waals surface area contributed by atoms with Crippen molar-refractivity contribution in [3.8, 4) is 11.5 Å². The monoisotopic (exact) mass is 511 g/mol. The van der Waals surface area contributed by atoms with Crippen LogP contribution in [-0.2, 0) is 16.2 Å². The molecule has 3 aromatic rings. The molecule has 0 saturated carbocycles. The van der Waals surface area contributed by atoms with E-state index in [9.17, 15) is 14.0 Å². The van der Waals surface area contributed by atoms with Crippen molar-refractivity contribution in [2.75, 3.05) is 24.0 Å². The molecule has 0 spiro atoms. The zero-order valence-electron chi connectivity index (χ0n) is 20.2. The molecule has 1 aliphatic rings. The van der Waals surface area contributed by atoms with Crippen LogP contribution >= 0.6 is 11.6 Å². The summed E-state index contributed by atoms with van der Waals surface area (Å²) in [5, 5.41) is 0.243. The molecule has 7 nitrogen and oxygen atoms in total. The van der Waals surface area contributed by atoms with Gasteiger partial charge in [0, 0.05) is 24.2 Å². The van der Waals surface area contributed by atoms with Gasteiger partial charge in [-0.2, -0.15) is 0 Å². The molecular formula is C27H27ClFN3O4. The van der Waals surface area contributed by atoms with Gasteiger partial charge in [0.25, 0.3) is 0 Å². The van der Waals surface area contributed by atoms with E-state index in [2.05, 4.69) is 10.9 Å². The van der Waals surface area contributed by atoms with E-state index in [0.717, 1.165) is 16.8 Å². The molecule has 9 heteroatoms. The van der Waals surface area contributed by atoms with Gasteiger partial charge in [-0.3, -0.25) is 20.4 Å². The van der Waals surface area contributed by atoms with Crippen LogP contribution in [0.5, 0.6) is 11.5 Å². The summed E-state index contributed by atoms with van der Waals surface area (Å²) < 4.78 is 25.4. The molecule has 188 valence electrons. The molecule has 0 aliphatic carbocycles. The normalized spacial score (nSPS) is 15.1. The highest BCUT2D eigenvalue weighted by molar-refractivity contribution is 6.31. The fourth-order valence-electron chi connectivity index (χ4n) is 4.00. The van der Waals surface area contributed by atoms with Crippen LogP contribution < -0.4 is 25.2 Å².